The van der Waals surface area contributed by atoms with Gasteiger partial charge in [0.15, 0.2) is 0 Å². The first-order valence-electron chi connectivity index (χ1n) is 6.59. The van der Waals surface area contributed by atoms with Crippen molar-refractivity contribution in [1.29, 1.82) is 0 Å². The van der Waals surface area contributed by atoms with Gasteiger partial charge in [0.2, 0.25) is 0 Å². The van der Waals surface area contributed by atoms with Crippen molar-refractivity contribution in [2.45, 2.75) is 19.4 Å². The fourth-order valence-electron chi connectivity index (χ4n) is 2.21. The number of nitrogens with zero attached hydrogens (tertiary/aromatic N) is 1. The molecule has 18 heavy (non-hydrogen) atoms. The SMILES string of the molecule is CNCCCCN(C)Cc1coc2ccccc12. The van der Waals surface area contributed by atoms with E-state index in [9.17, 15) is 0 Å². The second kappa shape index (κ2) is 6.57. The number of nitrogens with one attached hydrogen (secondary N) is 1. The van der Waals surface area contributed by atoms with Crippen LogP contribution in [-0.4, -0.2) is 32.1 Å². The molecule has 0 spiro atoms. The normalized spacial score (nSPS) is 11.5. The third-order valence-corrected chi connectivity index (χ3v) is 3.22. The van der Waals surface area contributed by atoms with Gasteiger partial charge in [-0.1, -0.05) is 18.2 Å². The van der Waals surface area contributed by atoms with Crippen molar-refractivity contribution in [3.05, 3.63) is 36.1 Å². The molecule has 1 aromatic carbocycles. The lowest BCUT2D eigenvalue weighted by atomic mass is 10.1. The smallest absolute Gasteiger partial charge is 0.134 e. The zero-order chi connectivity index (χ0) is 12.8. The summed E-state index contributed by atoms with van der Waals surface area (Å²) >= 11 is 0. The van der Waals surface area contributed by atoms with Gasteiger partial charge in [-0.15, -0.1) is 0 Å². The molecule has 1 aromatic heterocycles. The van der Waals surface area contributed by atoms with Gasteiger partial charge in [0.25, 0.3) is 0 Å². The van der Waals surface area contributed by atoms with Crippen molar-refractivity contribution in [2.75, 3.05) is 27.2 Å². The molecule has 98 valence electrons. The van der Waals surface area contributed by atoms with Gasteiger partial charge in [-0.3, -0.25) is 0 Å². The first-order valence-corrected chi connectivity index (χ1v) is 6.59. The summed E-state index contributed by atoms with van der Waals surface area (Å²) in [5.41, 5.74) is 2.26. The van der Waals surface area contributed by atoms with Gasteiger partial charge < -0.3 is 14.6 Å². The average molecular weight is 246 g/mol. The fraction of sp³-hybridized carbons (Fsp3) is 0.467. The summed E-state index contributed by atoms with van der Waals surface area (Å²) in [5.74, 6) is 0. The van der Waals surface area contributed by atoms with Crippen LogP contribution in [0.2, 0.25) is 0 Å². The van der Waals surface area contributed by atoms with Crippen LogP contribution in [0.3, 0.4) is 0 Å². The monoisotopic (exact) mass is 246 g/mol. The molecule has 0 saturated heterocycles. The molecule has 0 fully saturated rings. The zero-order valence-corrected chi connectivity index (χ0v) is 11.3. The van der Waals surface area contributed by atoms with Gasteiger partial charge in [-0.25, -0.2) is 0 Å². The first-order chi connectivity index (χ1) is 8.81. The summed E-state index contributed by atoms with van der Waals surface area (Å²) in [6.45, 7) is 3.18. The zero-order valence-electron chi connectivity index (χ0n) is 11.3. The van der Waals surface area contributed by atoms with E-state index < -0.39 is 0 Å². The second-order valence-electron chi connectivity index (χ2n) is 4.81. The van der Waals surface area contributed by atoms with Gasteiger partial charge in [0.1, 0.15) is 5.58 Å². The standard InChI is InChI=1S/C15H22N2O/c1-16-9-5-6-10-17(2)11-13-12-18-15-8-4-3-7-14(13)15/h3-4,7-8,12,16H,5-6,9-11H2,1-2H3. The fourth-order valence-corrected chi connectivity index (χ4v) is 2.21. The van der Waals surface area contributed by atoms with E-state index in [0.29, 0.717) is 0 Å². The molecule has 0 bridgehead atoms. The Hall–Kier alpha value is -1.32. The maximum Gasteiger partial charge on any atom is 0.134 e. The van der Waals surface area contributed by atoms with Crippen molar-refractivity contribution in [1.82, 2.24) is 10.2 Å². The Morgan fingerprint density at radius 3 is 2.89 bits per heavy atom. The number of hydrogen-bond donors (Lipinski definition) is 1. The Kier molecular flexibility index (Phi) is 4.79. The summed E-state index contributed by atoms with van der Waals surface area (Å²) < 4.78 is 5.56. The largest absolute Gasteiger partial charge is 0.464 e. The van der Waals surface area contributed by atoms with Gasteiger partial charge in [-0.2, -0.15) is 0 Å². The van der Waals surface area contributed by atoms with E-state index >= 15 is 0 Å². The molecule has 0 aliphatic rings. The number of benzene rings is 1. The number of para-hydroxylation sites is 1. The Morgan fingerprint density at radius 2 is 2.06 bits per heavy atom. The minimum absolute atomic E-state index is 0.955. The molecule has 3 nitrogen and oxygen atoms in total. The van der Waals surface area contributed by atoms with Crippen LogP contribution in [0.1, 0.15) is 18.4 Å². The number of unbranched alkanes of at least 4 members (excludes halogenated alkanes) is 1. The molecule has 0 atom stereocenters. The van der Waals surface area contributed by atoms with E-state index in [1.807, 2.05) is 25.4 Å². The second-order valence-corrected chi connectivity index (χ2v) is 4.81. The third kappa shape index (κ3) is 3.34. The molecule has 0 unspecified atom stereocenters. The Morgan fingerprint density at radius 1 is 1.22 bits per heavy atom. The van der Waals surface area contributed by atoms with Gasteiger partial charge in [-0.05, 0) is 46.1 Å². The van der Waals surface area contributed by atoms with Crippen LogP contribution in [0.5, 0.6) is 0 Å². The summed E-state index contributed by atoms with van der Waals surface area (Å²) in [7, 11) is 4.17. The molecule has 0 aliphatic carbocycles. The highest BCUT2D eigenvalue weighted by atomic mass is 16.3. The Bertz CT molecular complexity index is 478. The number of fused-ring (bicyclic) bond motifs is 1. The molecule has 1 heterocycles. The molecule has 0 amide bonds. The highest BCUT2D eigenvalue weighted by Gasteiger charge is 2.07. The quantitative estimate of drug-likeness (QED) is 0.761. The highest BCUT2D eigenvalue weighted by molar-refractivity contribution is 5.80. The minimum atomic E-state index is 0.955. The van der Waals surface area contributed by atoms with E-state index in [-0.39, 0.29) is 0 Å². The van der Waals surface area contributed by atoms with Gasteiger partial charge in [0, 0.05) is 17.5 Å². The summed E-state index contributed by atoms with van der Waals surface area (Å²) in [6, 6.07) is 8.22. The van der Waals surface area contributed by atoms with E-state index in [2.05, 4.69) is 29.4 Å². The lowest BCUT2D eigenvalue weighted by Gasteiger charge is -2.15. The summed E-state index contributed by atoms with van der Waals surface area (Å²) in [4.78, 5) is 2.35. The summed E-state index contributed by atoms with van der Waals surface area (Å²) in [5, 5.41) is 4.41. The van der Waals surface area contributed by atoms with E-state index in [0.717, 1.165) is 25.2 Å². The molecule has 2 aromatic rings. The van der Waals surface area contributed by atoms with Crippen LogP contribution in [0.4, 0.5) is 0 Å². The van der Waals surface area contributed by atoms with Gasteiger partial charge in [0.05, 0.1) is 6.26 Å². The Balaban J connectivity index is 1.88. The van der Waals surface area contributed by atoms with Crippen LogP contribution in [0, 0.1) is 0 Å². The summed E-state index contributed by atoms with van der Waals surface area (Å²) in [6.07, 6.45) is 4.34. The van der Waals surface area contributed by atoms with Crippen molar-refractivity contribution < 1.29 is 4.42 Å². The predicted octanol–water partition coefficient (Wildman–Crippen LogP) is 2.86. The van der Waals surface area contributed by atoms with Crippen molar-refractivity contribution >= 4 is 11.0 Å². The maximum absolute atomic E-state index is 5.56. The first kappa shape index (κ1) is 13.1. The van der Waals surface area contributed by atoms with Crippen LogP contribution in [-0.2, 0) is 6.54 Å². The van der Waals surface area contributed by atoms with E-state index in [1.165, 1.54) is 23.8 Å². The van der Waals surface area contributed by atoms with Crippen molar-refractivity contribution in [3.8, 4) is 0 Å². The number of furan rings is 1. The molecule has 1 N–H and O–H groups in total. The lowest BCUT2D eigenvalue weighted by Crippen LogP contribution is -2.20. The van der Waals surface area contributed by atoms with Crippen LogP contribution in [0.25, 0.3) is 11.0 Å². The molecule has 2 rings (SSSR count). The Labute approximate surface area is 109 Å². The van der Waals surface area contributed by atoms with Crippen LogP contribution < -0.4 is 5.32 Å². The molecular weight excluding hydrogens is 224 g/mol. The number of rotatable bonds is 7. The van der Waals surface area contributed by atoms with Crippen LogP contribution in [0.15, 0.2) is 34.9 Å². The lowest BCUT2D eigenvalue weighted by molar-refractivity contribution is 0.318. The van der Waals surface area contributed by atoms with Crippen molar-refractivity contribution in [2.24, 2.45) is 0 Å². The third-order valence-electron chi connectivity index (χ3n) is 3.22. The average Bonchev–Trinajstić information content (AvgIpc) is 2.78. The molecular formula is C15H22N2O. The highest BCUT2D eigenvalue weighted by Crippen LogP contribution is 2.21. The van der Waals surface area contributed by atoms with Crippen LogP contribution >= 0.6 is 0 Å². The number of hydrogen-bond acceptors (Lipinski definition) is 3. The molecule has 3 heteroatoms. The van der Waals surface area contributed by atoms with E-state index in [1.54, 1.807) is 0 Å². The molecule has 0 saturated carbocycles. The minimum Gasteiger partial charge on any atom is -0.464 e. The predicted molar refractivity (Wildman–Crippen MR) is 75.7 cm³/mol. The van der Waals surface area contributed by atoms with Crippen molar-refractivity contribution in [3.63, 3.8) is 0 Å². The topological polar surface area (TPSA) is 28.4 Å². The molecule has 0 aliphatic heterocycles. The van der Waals surface area contributed by atoms with Gasteiger partial charge >= 0.3 is 0 Å². The maximum atomic E-state index is 5.56. The van der Waals surface area contributed by atoms with E-state index in [4.69, 9.17) is 4.42 Å². The molecule has 0 radical (unpaired) electrons.